The summed E-state index contributed by atoms with van der Waals surface area (Å²) in [5.41, 5.74) is 10.5. The predicted octanol–water partition coefficient (Wildman–Crippen LogP) is 7.55. The van der Waals surface area contributed by atoms with Gasteiger partial charge in [0.25, 0.3) is 6.43 Å². The van der Waals surface area contributed by atoms with Crippen LogP contribution >= 0.6 is 11.8 Å². The normalized spacial score (nSPS) is 26.3. The van der Waals surface area contributed by atoms with E-state index in [9.17, 15) is 30.0 Å². The molecule has 0 aromatic heterocycles. The lowest BCUT2D eigenvalue weighted by Gasteiger charge is -2.43. The van der Waals surface area contributed by atoms with E-state index in [-0.39, 0.29) is 78.6 Å². The molecule has 9 atom stereocenters. The SMILES string of the molecule is COc1cc2c(c(N3CCCc4cc(C5C=NN(C6CCN(C7CCN(CC(=O)N[C@H](C(=O)N8CC(O)C[C@H]8C(O)N[C@@H](CO)c8ccc(C9SC=NC9C)cc8)C(C)C)CC7)CC6)C5)c(C(F)F)cc43)c1)CC(C)C(O)=C(C)C2. The van der Waals surface area contributed by atoms with Gasteiger partial charge in [-0.2, -0.15) is 5.10 Å². The first-order chi connectivity index (χ1) is 38.5. The topological polar surface area (TPSA) is 189 Å². The van der Waals surface area contributed by atoms with E-state index in [2.05, 4.69) is 42.3 Å². The third kappa shape index (κ3) is 12.4. The number of likely N-dealkylation sites (tertiary alicyclic amines) is 3. The zero-order chi connectivity index (χ0) is 56.5. The maximum absolute atomic E-state index is 15.2. The molecule has 3 aromatic rings. The van der Waals surface area contributed by atoms with Gasteiger partial charge in [0.2, 0.25) is 11.8 Å². The van der Waals surface area contributed by atoms with E-state index in [0.717, 1.165) is 109 Å². The molecular formula is C61H83F2N9O7S. The molecule has 6 aliphatic heterocycles. The van der Waals surface area contributed by atoms with E-state index in [1.54, 1.807) is 24.9 Å². The summed E-state index contributed by atoms with van der Waals surface area (Å²) < 4.78 is 36.3. The number of methoxy groups -OCH3 is 1. The molecule has 16 nitrogen and oxygen atoms in total. The number of halogens is 2. The highest BCUT2D eigenvalue weighted by Crippen LogP contribution is 2.45. The maximum atomic E-state index is 15.2. The molecule has 19 heteroatoms. The van der Waals surface area contributed by atoms with Crippen molar-refractivity contribution < 1.29 is 43.5 Å². The molecule has 80 heavy (non-hydrogen) atoms. The number of anilines is 2. The fourth-order valence-electron chi connectivity index (χ4n) is 13.7. The van der Waals surface area contributed by atoms with Crippen LogP contribution in [0, 0.1) is 11.8 Å². The molecule has 6 unspecified atom stereocenters. The van der Waals surface area contributed by atoms with E-state index in [1.807, 2.05) is 81.9 Å². The quantitative estimate of drug-likeness (QED) is 0.0729. The van der Waals surface area contributed by atoms with Crippen molar-refractivity contribution in [1.82, 2.24) is 30.3 Å². The van der Waals surface area contributed by atoms with Gasteiger partial charge in [0.15, 0.2) is 0 Å². The lowest BCUT2D eigenvalue weighted by atomic mass is 9.88. The Kier molecular flexibility index (Phi) is 18.2. The number of thioether (sulfide) groups is 1. The Morgan fingerprint density at radius 2 is 1.68 bits per heavy atom. The first-order valence-corrected chi connectivity index (χ1v) is 30.1. The molecule has 6 N–H and O–H groups in total. The molecule has 0 radical (unpaired) electrons. The van der Waals surface area contributed by atoms with Gasteiger partial charge < -0.3 is 45.2 Å². The van der Waals surface area contributed by atoms with Crippen molar-refractivity contribution in [2.75, 3.05) is 71.0 Å². The number of carbonyl (C=O) groups excluding carboxylic acids is 2. The Bertz CT molecular complexity index is 2790. The van der Waals surface area contributed by atoms with Crippen LogP contribution in [-0.2, 0) is 28.9 Å². The molecule has 0 saturated carbocycles. The second kappa shape index (κ2) is 25.1. The van der Waals surface area contributed by atoms with Gasteiger partial charge in [-0.15, -0.1) is 11.8 Å². The smallest absolute Gasteiger partial charge is 0.264 e. The number of β-amino-alcohol motifs (C(OH)–C–C–N with tert-alkyl or cyclic N) is 1. The van der Waals surface area contributed by atoms with Crippen LogP contribution in [0.2, 0.25) is 0 Å². The Hall–Kier alpha value is -5.15. The average Bonchev–Trinajstić information content (AvgIpc) is 4.28. The molecule has 0 spiro atoms. The summed E-state index contributed by atoms with van der Waals surface area (Å²) in [5.74, 6) is -0.0541. The highest BCUT2D eigenvalue weighted by molar-refractivity contribution is 8.12. The van der Waals surface area contributed by atoms with Crippen LogP contribution in [0.25, 0.3) is 0 Å². The lowest BCUT2D eigenvalue weighted by Crippen LogP contribution is -2.58. The number of carbonyl (C=O) groups is 2. The van der Waals surface area contributed by atoms with Crippen molar-refractivity contribution >= 4 is 46.7 Å². The van der Waals surface area contributed by atoms with E-state index in [0.29, 0.717) is 49.0 Å². The number of aryl methyl sites for hydroxylation is 1. The van der Waals surface area contributed by atoms with Gasteiger partial charge in [-0.25, -0.2) is 8.78 Å². The maximum Gasteiger partial charge on any atom is 0.264 e. The zero-order valence-corrected chi connectivity index (χ0v) is 48.1. The number of aliphatic hydroxyl groups is 4. The van der Waals surface area contributed by atoms with E-state index < -0.39 is 36.9 Å². The predicted molar refractivity (Wildman–Crippen MR) is 310 cm³/mol. The van der Waals surface area contributed by atoms with Crippen LogP contribution in [-0.4, -0.2) is 172 Å². The van der Waals surface area contributed by atoms with Crippen molar-refractivity contribution in [1.29, 1.82) is 0 Å². The number of hydrazone groups is 1. The average molecular weight is 1120 g/mol. The number of ether oxygens (including phenoxy) is 1. The van der Waals surface area contributed by atoms with Crippen molar-refractivity contribution in [3.8, 4) is 5.75 Å². The van der Waals surface area contributed by atoms with Crippen molar-refractivity contribution in [2.24, 2.45) is 21.9 Å². The molecule has 10 rings (SSSR count). The number of nitrogens with one attached hydrogen (secondary N) is 2. The molecule has 3 aromatic carbocycles. The van der Waals surface area contributed by atoms with Crippen molar-refractivity contribution in [2.45, 2.75) is 159 Å². The number of allylic oxidation sites excluding steroid dienone is 2. The fourth-order valence-corrected chi connectivity index (χ4v) is 14.7. The van der Waals surface area contributed by atoms with E-state index in [4.69, 9.17) is 9.84 Å². The van der Waals surface area contributed by atoms with Crippen LogP contribution in [0.3, 0.4) is 0 Å². The number of aliphatic hydroxyl groups excluding tert-OH is 4. The van der Waals surface area contributed by atoms with Crippen LogP contribution in [0.4, 0.5) is 20.2 Å². The number of aliphatic imine (C=N–C) groups is 1. The van der Waals surface area contributed by atoms with Gasteiger partial charge in [-0.3, -0.25) is 29.8 Å². The molecule has 434 valence electrons. The van der Waals surface area contributed by atoms with Crippen LogP contribution in [0.1, 0.15) is 136 Å². The molecule has 1 aliphatic carbocycles. The highest BCUT2D eigenvalue weighted by Gasteiger charge is 2.43. The van der Waals surface area contributed by atoms with Crippen LogP contribution in [0.15, 0.2) is 70.0 Å². The summed E-state index contributed by atoms with van der Waals surface area (Å²) in [5, 5.41) is 57.0. The van der Waals surface area contributed by atoms with E-state index >= 15 is 8.78 Å². The summed E-state index contributed by atoms with van der Waals surface area (Å²) in [4.78, 5) is 40.8. The number of rotatable bonds is 17. The first kappa shape index (κ1) is 58.1. The summed E-state index contributed by atoms with van der Waals surface area (Å²) in [6, 6.07) is 14.2. The third-order valence-electron chi connectivity index (χ3n) is 18.2. The minimum Gasteiger partial charge on any atom is -0.512 e. The monoisotopic (exact) mass is 1120 g/mol. The van der Waals surface area contributed by atoms with Crippen LogP contribution < -0.4 is 20.3 Å². The number of hydrogen-bond acceptors (Lipinski definition) is 15. The Morgan fingerprint density at radius 3 is 2.35 bits per heavy atom. The summed E-state index contributed by atoms with van der Waals surface area (Å²) >= 11 is 1.67. The van der Waals surface area contributed by atoms with Gasteiger partial charge in [-0.05, 0) is 129 Å². The lowest BCUT2D eigenvalue weighted by molar-refractivity contribution is -0.141. The first-order valence-electron chi connectivity index (χ1n) is 29.2. The number of nitrogens with zero attached hydrogens (tertiary/aromatic N) is 7. The Labute approximate surface area is 474 Å². The molecular weight excluding hydrogens is 1040 g/mol. The minimum atomic E-state index is -2.66. The minimum absolute atomic E-state index is 0.0210. The fraction of sp³-hybridized carbons (Fsp3) is 0.607. The number of piperidine rings is 2. The molecule has 3 fully saturated rings. The Morgan fingerprint density at radius 1 is 0.938 bits per heavy atom. The van der Waals surface area contributed by atoms with Gasteiger partial charge >= 0.3 is 0 Å². The van der Waals surface area contributed by atoms with Crippen molar-refractivity contribution in [3.63, 3.8) is 0 Å². The van der Waals surface area contributed by atoms with E-state index in [1.165, 1.54) is 4.90 Å². The number of alkyl halides is 2. The van der Waals surface area contributed by atoms with Gasteiger partial charge in [0.1, 0.15) is 18.0 Å². The highest BCUT2D eigenvalue weighted by atomic mass is 32.2. The zero-order valence-electron chi connectivity index (χ0n) is 47.3. The van der Waals surface area contributed by atoms with Crippen LogP contribution in [0.5, 0.6) is 5.75 Å². The number of benzene rings is 3. The van der Waals surface area contributed by atoms with Gasteiger partial charge in [-0.1, -0.05) is 51.1 Å². The Balaban J connectivity index is 0.698. The largest absolute Gasteiger partial charge is 0.512 e. The summed E-state index contributed by atoms with van der Waals surface area (Å²) in [7, 11) is 1.65. The van der Waals surface area contributed by atoms with Crippen molar-refractivity contribution in [3.05, 3.63) is 98.8 Å². The van der Waals surface area contributed by atoms with Gasteiger partial charge in [0.05, 0.1) is 61.0 Å². The number of amides is 2. The van der Waals surface area contributed by atoms with Gasteiger partial charge in [0, 0.05) is 99.0 Å². The molecule has 7 aliphatic rings. The number of fused-ring (bicyclic) bond motifs is 2. The molecule has 6 heterocycles. The second-order valence-corrected chi connectivity index (χ2v) is 25.0. The third-order valence-corrected chi connectivity index (χ3v) is 19.5. The summed E-state index contributed by atoms with van der Waals surface area (Å²) in [6.07, 6.45) is 3.83. The second-order valence-electron chi connectivity index (χ2n) is 24.0. The number of hydrogen-bond donors (Lipinski definition) is 6. The molecule has 2 amide bonds. The standard InChI is InChI=1S/C61H83F2N9O7S/c1-35(2)56(61(78)71-31-46(74)26-54(71)60(77)66-51(33-73)39-9-11-40(12-10-39)58-38(5)64-34-80-58)67-55(75)32-68-18-13-44(14-19-68)69-20-15-45(16-21-69)72-30-43(29-65-72)48-25-41-8-7-17-70(52(41)28-50(48)59(62)63)53-27-47(79-6)24-42-22-36(3)57(76)37(4)23-49(42)53/h9-12,24-25,27-29,34-35,37-38,43-46,51,54,56,58-60,66,73-74,76-77H,7-8,13-23,26,30-33H2,1-6H3,(H,67,75)/t37?,38?,43?,46?,51-,54-,56-,58?,60?/m0/s1. The molecule has 3 saturated heterocycles. The molecule has 0 bridgehead atoms. The summed E-state index contributed by atoms with van der Waals surface area (Å²) in [6.45, 7) is 14.3.